The molecule has 1 aliphatic carbocycles. The van der Waals surface area contributed by atoms with E-state index in [0.29, 0.717) is 16.7 Å². The van der Waals surface area contributed by atoms with E-state index in [1.807, 2.05) is 0 Å². The third-order valence-corrected chi connectivity index (χ3v) is 5.95. The van der Waals surface area contributed by atoms with Crippen molar-refractivity contribution in [3.63, 3.8) is 0 Å². The molecule has 10 heteroatoms. The van der Waals surface area contributed by atoms with Gasteiger partial charge < -0.3 is 15.5 Å². The molecular formula is C22H18ClF4N3O2. The van der Waals surface area contributed by atoms with Gasteiger partial charge in [0.2, 0.25) is 0 Å². The number of aryl methyl sites for hydroxylation is 1. The van der Waals surface area contributed by atoms with Crippen molar-refractivity contribution in [1.29, 1.82) is 0 Å². The number of rotatable bonds is 2. The molecule has 0 aliphatic heterocycles. The number of nitrogens with zero attached hydrogens (tertiary/aromatic N) is 2. The second kappa shape index (κ2) is 7.60. The van der Waals surface area contributed by atoms with Crippen molar-refractivity contribution in [2.24, 2.45) is 0 Å². The fraction of sp³-hybridized carbons (Fsp3) is 0.273. The van der Waals surface area contributed by atoms with E-state index < -0.39 is 40.8 Å². The number of alkyl halides is 3. The molecule has 32 heavy (non-hydrogen) atoms. The van der Waals surface area contributed by atoms with E-state index in [1.54, 1.807) is 19.1 Å². The largest absolute Gasteiger partial charge is 0.504 e. The minimum absolute atomic E-state index is 0.0529. The van der Waals surface area contributed by atoms with Crippen LogP contribution in [0.2, 0.25) is 5.02 Å². The predicted molar refractivity (Wildman–Crippen MR) is 113 cm³/mol. The summed E-state index contributed by atoms with van der Waals surface area (Å²) in [7, 11) is 0. The van der Waals surface area contributed by atoms with E-state index in [9.17, 15) is 27.8 Å². The minimum Gasteiger partial charge on any atom is -0.504 e. The molecular weight excluding hydrogens is 450 g/mol. The smallest absolute Gasteiger partial charge is 0.419 e. The molecule has 0 spiro atoms. The summed E-state index contributed by atoms with van der Waals surface area (Å²) in [4.78, 5) is 8.37. The maximum atomic E-state index is 14.3. The monoisotopic (exact) mass is 467 g/mol. The number of phenolic OH excluding ortho intramolecular Hbond substituents is 1. The zero-order valence-electron chi connectivity index (χ0n) is 16.9. The van der Waals surface area contributed by atoms with Gasteiger partial charge in [-0.25, -0.2) is 14.4 Å². The Hall–Kier alpha value is -2.91. The molecule has 0 amide bonds. The highest BCUT2D eigenvalue weighted by molar-refractivity contribution is 6.31. The predicted octanol–water partition coefficient (Wildman–Crippen LogP) is 5.69. The van der Waals surface area contributed by atoms with Gasteiger partial charge in [-0.3, -0.25) is 0 Å². The van der Waals surface area contributed by atoms with Gasteiger partial charge in [0.25, 0.3) is 0 Å². The molecule has 4 rings (SSSR count). The highest BCUT2D eigenvalue weighted by Crippen LogP contribution is 2.55. The third kappa shape index (κ3) is 3.36. The van der Waals surface area contributed by atoms with Crippen molar-refractivity contribution in [3.8, 4) is 5.75 Å². The molecule has 0 unspecified atom stereocenters. The highest BCUT2D eigenvalue weighted by atomic mass is 35.5. The standard InChI is InChI=1S/C22H18ClF4N3O2/c1-3-11-8-21(32,22(25,26)27)20(12-7-14(23)18(24)19(31)17(11)12)30-16-6-4-5-15-13(16)9-28-10(2)29-15/h3-7,9,20,30-32H,8H2,1-2H3/b11-3+/t20-,21+/m0/s1. The molecule has 2 atom stereocenters. The van der Waals surface area contributed by atoms with Gasteiger partial charge in [0.05, 0.1) is 16.6 Å². The number of allylic oxidation sites excluding steroid dienone is 1. The second-order valence-electron chi connectivity index (χ2n) is 7.63. The van der Waals surface area contributed by atoms with Gasteiger partial charge in [0.1, 0.15) is 5.82 Å². The normalized spacial score (nSPS) is 22.2. The zero-order chi connectivity index (χ0) is 23.4. The number of aromatic hydroxyl groups is 1. The van der Waals surface area contributed by atoms with Crippen LogP contribution in [0.25, 0.3) is 16.5 Å². The van der Waals surface area contributed by atoms with E-state index in [4.69, 9.17) is 11.6 Å². The zero-order valence-corrected chi connectivity index (χ0v) is 17.7. The van der Waals surface area contributed by atoms with Gasteiger partial charge in [0.15, 0.2) is 17.2 Å². The summed E-state index contributed by atoms with van der Waals surface area (Å²) in [6.07, 6.45) is -3.20. The summed E-state index contributed by atoms with van der Waals surface area (Å²) < 4.78 is 57.0. The lowest BCUT2D eigenvalue weighted by Crippen LogP contribution is -2.54. The molecule has 2 aromatic carbocycles. The Morgan fingerprint density at radius 1 is 1.31 bits per heavy atom. The average molecular weight is 468 g/mol. The Bertz CT molecular complexity index is 1260. The summed E-state index contributed by atoms with van der Waals surface area (Å²) in [6.45, 7) is 3.12. The molecule has 1 aliphatic rings. The molecule has 0 saturated carbocycles. The number of phenols is 1. The van der Waals surface area contributed by atoms with Crippen LogP contribution in [0.15, 0.2) is 36.5 Å². The van der Waals surface area contributed by atoms with E-state index in [1.165, 1.54) is 25.3 Å². The molecule has 5 nitrogen and oxygen atoms in total. The molecule has 1 heterocycles. The second-order valence-corrected chi connectivity index (χ2v) is 8.04. The molecule has 0 fully saturated rings. The van der Waals surface area contributed by atoms with Crippen LogP contribution in [0.1, 0.15) is 36.3 Å². The van der Waals surface area contributed by atoms with Gasteiger partial charge in [-0.05, 0) is 43.2 Å². The molecule has 168 valence electrons. The van der Waals surface area contributed by atoms with Gasteiger partial charge in [-0.1, -0.05) is 23.7 Å². The first-order chi connectivity index (χ1) is 15.0. The summed E-state index contributed by atoms with van der Waals surface area (Å²) in [5.74, 6) is -1.53. The van der Waals surface area contributed by atoms with Crippen LogP contribution < -0.4 is 5.32 Å². The quantitative estimate of drug-likeness (QED) is 0.422. The number of benzene rings is 2. The fourth-order valence-corrected chi connectivity index (χ4v) is 4.28. The Kier molecular flexibility index (Phi) is 5.29. The van der Waals surface area contributed by atoms with Gasteiger partial charge in [0, 0.05) is 29.3 Å². The van der Waals surface area contributed by atoms with Crippen molar-refractivity contribution < 1.29 is 27.8 Å². The molecule has 0 bridgehead atoms. The maximum absolute atomic E-state index is 14.3. The summed E-state index contributed by atoms with van der Waals surface area (Å²) in [6, 6.07) is 3.98. The highest BCUT2D eigenvalue weighted by Gasteiger charge is 2.62. The number of hydrogen-bond donors (Lipinski definition) is 3. The number of anilines is 1. The maximum Gasteiger partial charge on any atom is 0.419 e. The minimum atomic E-state index is -5.06. The number of aliphatic hydroxyl groups is 1. The molecule has 3 aromatic rings. The topological polar surface area (TPSA) is 78.3 Å². The van der Waals surface area contributed by atoms with Crippen molar-refractivity contribution >= 4 is 33.8 Å². The molecule has 0 radical (unpaired) electrons. The van der Waals surface area contributed by atoms with Crippen LogP contribution in [0, 0.1) is 12.7 Å². The van der Waals surface area contributed by atoms with Crippen molar-refractivity contribution in [1.82, 2.24) is 9.97 Å². The Labute approximate surface area is 185 Å². The first kappa shape index (κ1) is 22.3. The Morgan fingerprint density at radius 3 is 2.69 bits per heavy atom. The summed E-state index contributed by atoms with van der Waals surface area (Å²) in [5, 5.41) is 24.0. The van der Waals surface area contributed by atoms with Crippen LogP contribution in [0.3, 0.4) is 0 Å². The first-order valence-corrected chi connectivity index (χ1v) is 10.00. The number of hydrogen-bond acceptors (Lipinski definition) is 5. The Morgan fingerprint density at radius 2 is 2.03 bits per heavy atom. The average Bonchev–Trinajstić information content (AvgIpc) is 2.72. The lowest BCUT2D eigenvalue weighted by Gasteiger charge is -2.44. The van der Waals surface area contributed by atoms with Gasteiger partial charge in [-0.15, -0.1) is 0 Å². The van der Waals surface area contributed by atoms with Crippen LogP contribution in [0.5, 0.6) is 5.75 Å². The van der Waals surface area contributed by atoms with E-state index in [0.717, 1.165) is 6.07 Å². The van der Waals surface area contributed by atoms with Crippen molar-refractivity contribution in [3.05, 3.63) is 64.3 Å². The number of fused-ring (bicyclic) bond motifs is 2. The lowest BCUT2D eigenvalue weighted by molar-refractivity contribution is -0.265. The van der Waals surface area contributed by atoms with Crippen molar-refractivity contribution in [2.45, 2.75) is 38.1 Å². The van der Waals surface area contributed by atoms with Crippen LogP contribution in [-0.2, 0) is 0 Å². The summed E-state index contributed by atoms with van der Waals surface area (Å²) >= 11 is 5.86. The van der Waals surface area contributed by atoms with Gasteiger partial charge >= 0.3 is 6.18 Å². The van der Waals surface area contributed by atoms with E-state index >= 15 is 0 Å². The SMILES string of the molecule is C/C=C1\C[C@](O)(C(F)(F)F)[C@@H](Nc2cccc3nc(C)ncc23)c2cc(Cl)c(F)c(O)c21. The van der Waals surface area contributed by atoms with E-state index in [-0.39, 0.29) is 22.4 Å². The van der Waals surface area contributed by atoms with Crippen molar-refractivity contribution in [2.75, 3.05) is 5.32 Å². The van der Waals surface area contributed by atoms with Crippen LogP contribution in [0.4, 0.5) is 23.2 Å². The van der Waals surface area contributed by atoms with Crippen LogP contribution in [-0.4, -0.2) is 32.0 Å². The number of nitrogens with one attached hydrogen (secondary N) is 1. The van der Waals surface area contributed by atoms with Crippen LogP contribution >= 0.6 is 11.6 Å². The first-order valence-electron chi connectivity index (χ1n) is 9.62. The molecule has 3 N–H and O–H groups in total. The fourth-order valence-electron chi connectivity index (χ4n) is 4.07. The third-order valence-electron chi connectivity index (χ3n) is 5.68. The lowest BCUT2D eigenvalue weighted by atomic mass is 9.72. The van der Waals surface area contributed by atoms with Gasteiger partial charge in [-0.2, -0.15) is 13.2 Å². The number of aromatic nitrogens is 2. The Balaban J connectivity index is 1.98. The number of halogens is 5. The molecule has 0 saturated heterocycles. The summed E-state index contributed by atoms with van der Waals surface area (Å²) in [5.41, 5.74) is -2.93. The molecule has 1 aromatic heterocycles. The van der Waals surface area contributed by atoms with E-state index in [2.05, 4.69) is 15.3 Å².